The molecule has 7 nitrogen and oxygen atoms in total. The van der Waals surface area contributed by atoms with Crippen LogP contribution in [0, 0.1) is 0 Å². The zero-order chi connectivity index (χ0) is 16.2. The van der Waals surface area contributed by atoms with Gasteiger partial charge in [-0.2, -0.15) is 0 Å². The lowest BCUT2D eigenvalue weighted by atomic mass is 10.1. The Morgan fingerprint density at radius 3 is 3.04 bits per heavy atom. The molecule has 0 radical (unpaired) electrons. The molecule has 1 amide bonds. The Hall–Kier alpha value is -2.25. The average molecular weight is 334 g/mol. The van der Waals surface area contributed by atoms with Gasteiger partial charge in [0.15, 0.2) is 0 Å². The molecule has 0 saturated carbocycles. The molecule has 8 heteroatoms. The summed E-state index contributed by atoms with van der Waals surface area (Å²) in [5.74, 6) is -0.00459. The fourth-order valence-corrected chi connectivity index (χ4v) is 2.57. The number of nitrogens with zero attached hydrogens (tertiary/aromatic N) is 3. The number of aromatic nitrogens is 3. The summed E-state index contributed by atoms with van der Waals surface area (Å²) in [6.07, 6.45) is 6.90. The first-order valence-corrected chi connectivity index (χ1v) is 7.64. The minimum atomic E-state index is -0.622. The van der Waals surface area contributed by atoms with Crippen LogP contribution in [0.25, 0.3) is 11.3 Å². The minimum absolute atomic E-state index is 0.129. The van der Waals surface area contributed by atoms with Crippen molar-refractivity contribution in [1.82, 2.24) is 15.0 Å². The van der Waals surface area contributed by atoms with Crippen LogP contribution in [0.2, 0.25) is 5.02 Å². The lowest BCUT2D eigenvalue weighted by Gasteiger charge is -2.12. The van der Waals surface area contributed by atoms with Crippen LogP contribution in [0.3, 0.4) is 0 Å². The molecule has 23 heavy (non-hydrogen) atoms. The number of carbonyl (C=O) groups excluding carboxylic acids is 1. The van der Waals surface area contributed by atoms with Crippen molar-refractivity contribution in [3.8, 4) is 11.3 Å². The number of halogens is 1. The molecule has 0 bridgehead atoms. The number of nitrogens with one attached hydrogen (secondary N) is 1. The topological polar surface area (TPSA) is 103 Å². The Morgan fingerprint density at radius 2 is 2.30 bits per heavy atom. The van der Waals surface area contributed by atoms with E-state index in [1.807, 2.05) is 0 Å². The Kier molecular flexibility index (Phi) is 4.68. The van der Waals surface area contributed by atoms with Gasteiger partial charge in [0.25, 0.3) is 5.91 Å². The van der Waals surface area contributed by atoms with E-state index >= 15 is 0 Å². The maximum Gasteiger partial charge on any atom is 0.267 e. The van der Waals surface area contributed by atoms with E-state index < -0.39 is 5.91 Å². The fourth-order valence-electron chi connectivity index (χ4n) is 2.37. The second-order valence-corrected chi connectivity index (χ2v) is 5.63. The van der Waals surface area contributed by atoms with Crippen LogP contribution in [-0.4, -0.2) is 40.1 Å². The Balaban J connectivity index is 1.81. The summed E-state index contributed by atoms with van der Waals surface area (Å²) in [5.41, 5.74) is 6.48. The summed E-state index contributed by atoms with van der Waals surface area (Å²) < 4.78 is 5.56. The largest absolute Gasteiger partial charge is 0.376 e. The Labute approximate surface area is 138 Å². The fraction of sp³-hybridized carbons (Fsp3) is 0.333. The van der Waals surface area contributed by atoms with E-state index in [4.69, 9.17) is 22.1 Å². The van der Waals surface area contributed by atoms with Gasteiger partial charge < -0.3 is 15.8 Å². The van der Waals surface area contributed by atoms with Crippen molar-refractivity contribution >= 4 is 23.3 Å². The van der Waals surface area contributed by atoms with E-state index in [1.165, 1.54) is 12.3 Å². The third kappa shape index (κ3) is 3.75. The highest BCUT2D eigenvalue weighted by molar-refractivity contribution is 6.33. The third-order valence-corrected chi connectivity index (χ3v) is 3.85. The number of hydrogen-bond donors (Lipinski definition) is 2. The molecule has 3 heterocycles. The van der Waals surface area contributed by atoms with Gasteiger partial charge in [0.2, 0.25) is 0 Å². The second kappa shape index (κ2) is 6.89. The quantitative estimate of drug-likeness (QED) is 0.866. The van der Waals surface area contributed by atoms with Crippen molar-refractivity contribution in [2.75, 3.05) is 18.5 Å². The first-order chi connectivity index (χ1) is 11.1. The van der Waals surface area contributed by atoms with Gasteiger partial charge in [0.1, 0.15) is 11.5 Å². The lowest BCUT2D eigenvalue weighted by molar-refractivity contribution is 0.0995. The van der Waals surface area contributed by atoms with Crippen molar-refractivity contribution in [2.45, 2.75) is 18.9 Å². The Morgan fingerprint density at radius 1 is 1.43 bits per heavy atom. The molecule has 3 N–H and O–H groups in total. The van der Waals surface area contributed by atoms with Crippen molar-refractivity contribution in [3.63, 3.8) is 0 Å². The molecule has 1 aliphatic rings. The molecule has 120 valence electrons. The maximum atomic E-state index is 11.3. The van der Waals surface area contributed by atoms with E-state index in [0.29, 0.717) is 28.6 Å². The molecule has 2 aromatic heterocycles. The highest BCUT2D eigenvalue weighted by Gasteiger charge is 2.16. The standard InChI is InChI=1S/C15H16ClN5O2/c16-11-6-19-12(15(17)22)4-10(11)13-7-18-8-14(21-13)20-5-9-2-1-3-23-9/h4,6-9H,1-3,5H2,(H2,17,22)(H,20,21)/t9-/m1/s1. The van der Waals surface area contributed by atoms with Crippen molar-refractivity contribution in [1.29, 1.82) is 0 Å². The predicted octanol–water partition coefficient (Wildman–Crippen LogP) is 1.88. The molecular formula is C15H16ClN5O2. The van der Waals surface area contributed by atoms with Gasteiger partial charge in [-0.05, 0) is 18.9 Å². The maximum absolute atomic E-state index is 11.3. The van der Waals surface area contributed by atoms with E-state index in [0.717, 1.165) is 19.4 Å². The monoisotopic (exact) mass is 333 g/mol. The summed E-state index contributed by atoms with van der Waals surface area (Å²) in [6.45, 7) is 1.48. The van der Waals surface area contributed by atoms with Crippen LogP contribution in [-0.2, 0) is 4.74 Å². The molecule has 1 atom stereocenters. The van der Waals surface area contributed by atoms with Gasteiger partial charge in [0, 0.05) is 24.9 Å². The highest BCUT2D eigenvalue weighted by atomic mass is 35.5. The SMILES string of the molecule is NC(=O)c1cc(-c2cncc(NC[C@H]3CCCO3)n2)c(Cl)cn1. The summed E-state index contributed by atoms with van der Waals surface area (Å²) in [6, 6.07) is 1.51. The Bertz CT molecular complexity index is 719. The molecule has 0 aromatic carbocycles. The number of rotatable bonds is 5. The first-order valence-electron chi connectivity index (χ1n) is 7.27. The van der Waals surface area contributed by atoms with E-state index in [2.05, 4.69) is 20.3 Å². The van der Waals surface area contributed by atoms with Crippen molar-refractivity contribution in [3.05, 3.63) is 35.4 Å². The van der Waals surface area contributed by atoms with Gasteiger partial charge in [-0.15, -0.1) is 0 Å². The van der Waals surface area contributed by atoms with Crippen LogP contribution >= 0.6 is 11.6 Å². The molecule has 1 aliphatic heterocycles. The minimum Gasteiger partial charge on any atom is -0.376 e. The normalized spacial score (nSPS) is 17.2. The molecule has 0 spiro atoms. The average Bonchev–Trinajstić information content (AvgIpc) is 3.07. The smallest absolute Gasteiger partial charge is 0.267 e. The van der Waals surface area contributed by atoms with Gasteiger partial charge in [0.05, 0.1) is 29.2 Å². The van der Waals surface area contributed by atoms with Crippen molar-refractivity contribution < 1.29 is 9.53 Å². The van der Waals surface area contributed by atoms with Crippen LogP contribution < -0.4 is 11.1 Å². The van der Waals surface area contributed by atoms with Gasteiger partial charge >= 0.3 is 0 Å². The predicted molar refractivity (Wildman–Crippen MR) is 86.3 cm³/mol. The molecule has 1 fully saturated rings. The zero-order valence-corrected chi connectivity index (χ0v) is 13.1. The number of amides is 1. The number of anilines is 1. The third-order valence-electron chi connectivity index (χ3n) is 3.55. The second-order valence-electron chi connectivity index (χ2n) is 5.22. The van der Waals surface area contributed by atoms with Gasteiger partial charge in [-0.25, -0.2) is 9.97 Å². The van der Waals surface area contributed by atoms with Crippen LogP contribution in [0.5, 0.6) is 0 Å². The van der Waals surface area contributed by atoms with Gasteiger partial charge in [-0.3, -0.25) is 9.78 Å². The van der Waals surface area contributed by atoms with E-state index in [9.17, 15) is 4.79 Å². The molecule has 0 unspecified atom stereocenters. The first kappa shape index (κ1) is 15.6. The number of hydrogen-bond acceptors (Lipinski definition) is 6. The number of carbonyl (C=O) groups is 1. The number of ether oxygens (including phenoxy) is 1. The zero-order valence-electron chi connectivity index (χ0n) is 12.3. The summed E-state index contributed by atoms with van der Waals surface area (Å²) in [5, 5.41) is 3.58. The van der Waals surface area contributed by atoms with Crippen LogP contribution in [0.4, 0.5) is 5.82 Å². The summed E-state index contributed by atoms with van der Waals surface area (Å²) in [7, 11) is 0. The summed E-state index contributed by atoms with van der Waals surface area (Å²) >= 11 is 6.15. The lowest BCUT2D eigenvalue weighted by Crippen LogP contribution is -2.19. The number of primary amides is 1. The molecule has 0 aliphatic carbocycles. The molecular weight excluding hydrogens is 318 g/mol. The molecule has 1 saturated heterocycles. The summed E-state index contributed by atoms with van der Waals surface area (Å²) in [4.78, 5) is 23.8. The van der Waals surface area contributed by atoms with Crippen molar-refractivity contribution in [2.24, 2.45) is 5.73 Å². The number of pyridine rings is 1. The van der Waals surface area contributed by atoms with Gasteiger partial charge in [-0.1, -0.05) is 11.6 Å². The van der Waals surface area contributed by atoms with Crippen LogP contribution in [0.1, 0.15) is 23.3 Å². The van der Waals surface area contributed by atoms with E-state index in [-0.39, 0.29) is 11.8 Å². The number of nitrogens with two attached hydrogens (primary N) is 1. The molecule has 3 rings (SSSR count). The van der Waals surface area contributed by atoms with E-state index in [1.54, 1.807) is 12.4 Å². The molecule has 2 aromatic rings. The van der Waals surface area contributed by atoms with Crippen LogP contribution in [0.15, 0.2) is 24.7 Å². The highest BCUT2D eigenvalue weighted by Crippen LogP contribution is 2.26.